The minimum Gasteiger partial charge on any atom is -0.381 e. The topological polar surface area (TPSA) is 9.23 Å². The first-order valence-corrected chi connectivity index (χ1v) is 4.60. The second-order valence-electron chi connectivity index (χ2n) is 2.92. The van der Waals surface area contributed by atoms with Crippen LogP contribution in [0.3, 0.4) is 0 Å². The van der Waals surface area contributed by atoms with Crippen LogP contribution in [0.1, 0.15) is 12.8 Å². The van der Waals surface area contributed by atoms with Gasteiger partial charge in [0.25, 0.3) is 0 Å². The highest BCUT2D eigenvalue weighted by atomic mass is 35.5. The van der Waals surface area contributed by atoms with Gasteiger partial charge in [-0.1, -0.05) is 0 Å². The molecule has 3 heteroatoms. The van der Waals surface area contributed by atoms with Crippen LogP contribution >= 0.6 is 23.2 Å². The SMILES string of the molecule is ClCC1(CCl)CCCOC1. The third-order valence-corrected chi connectivity index (χ3v) is 3.10. The molecule has 0 aromatic rings. The maximum Gasteiger partial charge on any atom is 0.0545 e. The molecule has 0 radical (unpaired) electrons. The molecule has 1 rings (SSSR count). The van der Waals surface area contributed by atoms with Gasteiger partial charge in [-0.15, -0.1) is 23.2 Å². The van der Waals surface area contributed by atoms with Gasteiger partial charge in [0, 0.05) is 23.8 Å². The van der Waals surface area contributed by atoms with Gasteiger partial charge < -0.3 is 4.74 Å². The summed E-state index contributed by atoms with van der Waals surface area (Å²) in [6, 6.07) is 0. The Morgan fingerprint density at radius 1 is 1.30 bits per heavy atom. The lowest BCUT2D eigenvalue weighted by atomic mass is 9.87. The van der Waals surface area contributed by atoms with Crippen LogP contribution in [-0.4, -0.2) is 25.0 Å². The van der Waals surface area contributed by atoms with Gasteiger partial charge in [-0.05, 0) is 12.8 Å². The van der Waals surface area contributed by atoms with Crippen LogP contribution in [-0.2, 0) is 4.74 Å². The van der Waals surface area contributed by atoms with Crippen LogP contribution in [0.4, 0.5) is 0 Å². The highest BCUT2D eigenvalue weighted by Crippen LogP contribution is 2.30. The molecule has 60 valence electrons. The Morgan fingerprint density at radius 2 is 2.00 bits per heavy atom. The fraction of sp³-hybridized carbons (Fsp3) is 1.00. The van der Waals surface area contributed by atoms with E-state index in [4.69, 9.17) is 27.9 Å². The van der Waals surface area contributed by atoms with Crippen LogP contribution < -0.4 is 0 Å². The molecular formula is C7H12Cl2O. The molecule has 0 spiro atoms. The van der Waals surface area contributed by atoms with E-state index >= 15 is 0 Å². The van der Waals surface area contributed by atoms with E-state index in [-0.39, 0.29) is 5.41 Å². The van der Waals surface area contributed by atoms with Crippen molar-refractivity contribution in [3.63, 3.8) is 0 Å². The van der Waals surface area contributed by atoms with Crippen molar-refractivity contribution >= 4 is 23.2 Å². The first-order chi connectivity index (χ1) is 4.83. The zero-order valence-electron chi connectivity index (χ0n) is 5.91. The number of halogens is 2. The number of alkyl halides is 2. The zero-order valence-corrected chi connectivity index (χ0v) is 7.42. The molecule has 0 N–H and O–H groups in total. The highest BCUT2D eigenvalue weighted by molar-refractivity contribution is 6.21. The van der Waals surface area contributed by atoms with Gasteiger partial charge in [0.1, 0.15) is 0 Å². The highest BCUT2D eigenvalue weighted by Gasteiger charge is 2.30. The van der Waals surface area contributed by atoms with E-state index in [1.54, 1.807) is 0 Å². The summed E-state index contributed by atoms with van der Waals surface area (Å²) in [7, 11) is 0. The van der Waals surface area contributed by atoms with E-state index in [0.717, 1.165) is 26.1 Å². The molecular weight excluding hydrogens is 171 g/mol. The fourth-order valence-corrected chi connectivity index (χ4v) is 1.86. The molecule has 0 aromatic heterocycles. The molecule has 1 aliphatic heterocycles. The second-order valence-corrected chi connectivity index (χ2v) is 3.46. The molecule has 0 aromatic carbocycles. The van der Waals surface area contributed by atoms with Crippen LogP contribution in [0.15, 0.2) is 0 Å². The van der Waals surface area contributed by atoms with Gasteiger partial charge in [0.2, 0.25) is 0 Å². The minimum absolute atomic E-state index is 0.0708. The monoisotopic (exact) mass is 182 g/mol. The van der Waals surface area contributed by atoms with Crippen molar-refractivity contribution in [3.05, 3.63) is 0 Å². The lowest BCUT2D eigenvalue weighted by Crippen LogP contribution is -2.35. The van der Waals surface area contributed by atoms with Crippen molar-refractivity contribution in [1.29, 1.82) is 0 Å². The summed E-state index contributed by atoms with van der Waals surface area (Å²) in [4.78, 5) is 0. The average molecular weight is 183 g/mol. The summed E-state index contributed by atoms with van der Waals surface area (Å²) in [5, 5.41) is 0. The Balaban J connectivity index is 2.44. The standard InChI is InChI=1S/C7H12Cl2O/c8-4-7(5-9)2-1-3-10-6-7/h1-6H2. The summed E-state index contributed by atoms with van der Waals surface area (Å²) >= 11 is 11.5. The predicted molar refractivity (Wildman–Crippen MR) is 43.9 cm³/mol. The minimum atomic E-state index is 0.0708. The molecule has 0 aliphatic carbocycles. The number of hydrogen-bond donors (Lipinski definition) is 0. The van der Waals surface area contributed by atoms with Gasteiger partial charge in [0.05, 0.1) is 6.61 Å². The van der Waals surface area contributed by atoms with Crippen molar-refractivity contribution in [1.82, 2.24) is 0 Å². The number of hydrogen-bond acceptors (Lipinski definition) is 1. The molecule has 0 unspecified atom stereocenters. The van der Waals surface area contributed by atoms with Gasteiger partial charge in [0.15, 0.2) is 0 Å². The molecule has 0 saturated carbocycles. The van der Waals surface area contributed by atoms with E-state index in [1.807, 2.05) is 0 Å². The number of rotatable bonds is 2. The van der Waals surface area contributed by atoms with Crippen molar-refractivity contribution in [3.8, 4) is 0 Å². The van der Waals surface area contributed by atoms with E-state index in [1.165, 1.54) is 0 Å². The quantitative estimate of drug-likeness (QED) is 0.596. The lowest BCUT2D eigenvalue weighted by Gasteiger charge is -2.33. The van der Waals surface area contributed by atoms with Crippen LogP contribution in [0, 0.1) is 5.41 Å². The summed E-state index contributed by atoms with van der Waals surface area (Å²) in [5.41, 5.74) is 0.0708. The van der Waals surface area contributed by atoms with E-state index in [0.29, 0.717) is 11.8 Å². The Kier molecular flexibility index (Phi) is 3.28. The average Bonchev–Trinajstić information content (AvgIpc) is 2.06. The first-order valence-electron chi connectivity index (χ1n) is 3.53. The van der Waals surface area contributed by atoms with E-state index in [9.17, 15) is 0 Å². The van der Waals surface area contributed by atoms with E-state index < -0.39 is 0 Å². The smallest absolute Gasteiger partial charge is 0.0545 e. The fourth-order valence-electron chi connectivity index (χ4n) is 1.16. The Bertz CT molecular complexity index is 93.8. The second kappa shape index (κ2) is 3.80. The predicted octanol–water partition coefficient (Wildman–Crippen LogP) is 2.26. The molecule has 1 nitrogen and oxygen atoms in total. The van der Waals surface area contributed by atoms with Crippen LogP contribution in [0.5, 0.6) is 0 Å². The van der Waals surface area contributed by atoms with Crippen molar-refractivity contribution in [2.45, 2.75) is 12.8 Å². The maximum absolute atomic E-state index is 5.77. The lowest BCUT2D eigenvalue weighted by molar-refractivity contribution is 0.0164. The maximum atomic E-state index is 5.77. The molecule has 1 saturated heterocycles. The van der Waals surface area contributed by atoms with Gasteiger partial charge in [-0.25, -0.2) is 0 Å². The summed E-state index contributed by atoms with van der Waals surface area (Å²) in [6.07, 6.45) is 2.21. The molecule has 1 fully saturated rings. The summed E-state index contributed by atoms with van der Waals surface area (Å²) in [6.45, 7) is 1.61. The van der Waals surface area contributed by atoms with Crippen molar-refractivity contribution in [2.24, 2.45) is 5.41 Å². The Labute approximate surface area is 71.6 Å². The molecule has 0 bridgehead atoms. The Morgan fingerprint density at radius 3 is 2.30 bits per heavy atom. The first kappa shape index (κ1) is 8.63. The largest absolute Gasteiger partial charge is 0.381 e. The van der Waals surface area contributed by atoms with E-state index in [2.05, 4.69) is 0 Å². The van der Waals surface area contributed by atoms with Crippen LogP contribution in [0.25, 0.3) is 0 Å². The molecule has 1 heterocycles. The molecule has 10 heavy (non-hydrogen) atoms. The number of ether oxygens (including phenoxy) is 1. The van der Waals surface area contributed by atoms with Gasteiger partial charge in [-0.2, -0.15) is 0 Å². The Hall–Kier alpha value is 0.540. The third-order valence-electron chi connectivity index (χ3n) is 1.97. The van der Waals surface area contributed by atoms with Gasteiger partial charge >= 0.3 is 0 Å². The molecule has 0 amide bonds. The van der Waals surface area contributed by atoms with Crippen LogP contribution in [0.2, 0.25) is 0 Å². The molecule has 1 aliphatic rings. The van der Waals surface area contributed by atoms with Crippen molar-refractivity contribution < 1.29 is 4.74 Å². The normalized spacial score (nSPS) is 24.6. The van der Waals surface area contributed by atoms with Gasteiger partial charge in [-0.3, -0.25) is 0 Å². The molecule has 0 atom stereocenters. The zero-order chi connectivity index (χ0) is 7.45. The third kappa shape index (κ3) is 1.77. The van der Waals surface area contributed by atoms with Crippen molar-refractivity contribution in [2.75, 3.05) is 25.0 Å². The summed E-state index contributed by atoms with van der Waals surface area (Å²) < 4.78 is 5.30. The summed E-state index contributed by atoms with van der Waals surface area (Å²) in [5.74, 6) is 1.24.